The van der Waals surface area contributed by atoms with E-state index in [-0.39, 0.29) is 29.9 Å². The van der Waals surface area contributed by atoms with E-state index in [1.54, 1.807) is 23.0 Å². The molecule has 140 valence electrons. The van der Waals surface area contributed by atoms with Crippen LogP contribution in [0.3, 0.4) is 0 Å². The van der Waals surface area contributed by atoms with Crippen LogP contribution < -0.4 is 10.1 Å². The zero-order valence-electron chi connectivity index (χ0n) is 15.2. The van der Waals surface area contributed by atoms with Gasteiger partial charge in [-0.15, -0.1) is 0 Å². The molecule has 1 aromatic heterocycles. The van der Waals surface area contributed by atoms with Gasteiger partial charge in [0.1, 0.15) is 17.7 Å². The average molecular weight is 361 g/mol. The van der Waals surface area contributed by atoms with E-state index < -0.39 is 0 Å². The molecule has 1 aliphatic heterocycles. The second-order valence-corrected chi connectivity index (χ2v) is 6.63. The first-order valence-electron chi connectivity index (χ1n) is 8.75. The number of rotatable bonds is 6. The molecule has 3 atom stereocenters. The lowest BCUT2D eigenvalue weighted by molar-refractivity contribution is -0.127. The quantitative estimate of drug-likeness (QED) is 0.859. The largest absolute Gasteiger partial charge is 0.489 e. The van der Waals surface area contributed by atoms with Crippen molar-refractivity contribution in [2.45, 2.75) is 32.5 Å². The molecule has 7 heteroatoms. The maximum Gasteiger partial charge on any atom is 0.226 e. The van der Waals surface area contributed by atoms with Crippen molar-refractivity contribution in [2.75, 3.05) is 13.2 Å². The first-order chi connectivity index (χ1) is 12.5. The van der Waals surface area contributed by atoms with Crippen LogP contribution in [0.1, 0.15) is 30.7 Å². The Balaban J connectivity index is 1.56. The lowest BCUT2D eigenvalue weighted by Gasteiger charge is -2.20. The Hall–Kier alpha value is -2.41. The second kappa shape index (κ2) is 7.86. The van der Waals surface area contributed by atoms with Gasteiger partial charge in [-0.3, -0.25) is 9.48 Å². The van der Waals surface area contributed by atoms with E-state index in [1.807, 2.05) is 20.9 Å². The van der Waals surface area contributed by atoms with Crippen molar-refractivity contribution in [1.29, 1.82) is 0 Å². The Labute approximate surface area is 152 Å². The Morgan fingerprint density at radius 1 is 1.54 bits per heavy atom. The molecule has 3 rings (SSSR count). The minimum atomic E-state index is -0.350. The number of amides is 1. The monoisotopic (exact) mass is 361 g/mol. The number of aryl methyl sites for hydroxylation is 1. The van der Waals surface area contributed by atoms with Crippen LogP contribution >= 0.6 is 0 Å². The fourth-order valence-corrected chi connectivity index (χ4v) is 3.15. The predicted molar refractivity (Wildman–Crippen MR) is 94.2 cm³/mol. The van der Waals surface area contributed by atoms with Crippen LogP contribution in [-0.4, -0.2) is 34.9 Å². The summed E-state index contributed by atoms with van der Waals surface area (Å²) in [5.41, 5.74) is 1.95. The summed E-state index contributed by atoms with van der Waals surface area (Å²) in [5.74, 6) is -0.221. The third kappa shape index (κ3) is 4.04. The van der Waals surface area contributed by atoms with Crippen LogP contribution in [0.15, 0.2) is 30.5 Å². The van der Waals surface area contributed by atoms with Crippen LogP contribution in [0.5, 0.6) is 5.75 Å². The van der Waals surface area contributed by atoms with Crippen molar-refractivity contribution < 1.29 is 18.7 Å². The molecule has 1 amide bonds. The third-order valence-corrected chi connectivity index (χ3v) is 4.71. The molecule has 1 aromatic carbocycles. The summed E-state index contributed by atoms with van der Waals surface area (Å²) in [7, 11) is 1.87. The van der Waals surface area contributed by atoms with Gasteiger partial charge < -0.3 is 14.8 Å². The number of nitrogens with one attached hydrogen (secondary N) is 1. The van der Waals surface area contributed by atoms with E-state index in [2.05, 4.69) is 10.4 Å². The van der Waals surface area contributed by atoms with Gasteiger partial charge in [0.25, 0.3) is 0 Å². The van der Waals surface area contributed by atoms with Gasteiger partial charge >= 0.3 is 0 Å². The standard InChI is InChI=1S/C19H24FN3O3/c1-12(26-15-6-4-5-14(20)9-15)10-21-19(24)16-7-8-25-18(16)17-11-22-23(3)13(17)2/h4-6,9,11-12,16,18H,7-8,10H2,1-3H3,(H,21,24)/t12-,16-,18-/m0/s1. The Morgan fingerprint density at radius 3 is 3.04 bits per heavy atom. The maximum absolute atomic E-state index is 13.2. The molecule has 1 saturated heterocycles. The molecule has 0 aliphatic carbocycles. The number of halogens is 1. The van der Waals surface area contributed by atoms with Gasteiger partial charge in [-0.25, -0.2) is 4.39 Å². The van der Waals surface area contributed by atoms with E-state index in [0.717, 1.165) is 11.3 Å². The van der Waals surface area contributed by atoms with Crippen molar-refractivity contribution >= 4 is 5.91 Å². The fourth-order valence-electron chi connectivity index (χ4n) is 3.15. The lowest BCUT2D eigenvalue weighted by atomic mass is 9.95. The van der Waals surface area contributed by atoms with Gasteiger partial charge in [0.05, 0.1) is 24.8 Å². The first kappa shape index (κ1) is 18.4. The highest BCUT2D eigenvalue weighted by Gasteiger charge is 2.37. The average Bonchev–Trinajstić information content (AvgIpc) is 3.20. The number of aromatic nitrogens is 2. The highest BCUT2D eigenvalue weighted by Crippen LogP contribution is 2.36. The number of carbonyl (C=O) groups excluding carboxylic acids is 1. The van der Waals surface area contributed by atoms with Crippen molar-refractivity contribution in [3.05, 3.63) is 47.5 Å². The summed E-state index contributed by atoms with van der Waals surface area (Å²) in [5, 5.41) is 7.16. The lowest BCUT2D eigenvalue weighted by Crippen LogP contribution is -2.38. The molecule has 0 radical (unpaired) electrons. The van der Waals surface area contributed by atoms with E-state index >= 15 is 0 Å². The molecule has 2 aromatic rings. The minimum Gasteiger partial charge on any atom is -0.489 e. The van der Waals surface area contributed by atoms with Gasteiger partial charge in [0.2, 0.25) is 5.91 Å². The zero-order valence-corrected chi connectivity index (χ0v) is 15.2. The van der Waals surface area contributed by atoms with Crippen LogP contribution in [0.25, 0.3) is 0 Å². The van der Waals surface area contributed by atoms with Gasteiger partial charge in [0.15, 0.2) is 0 Å². The molecule has 1 N–H and O–H groups in total. The molecule has 1 fully saturated rings. The summed E-state index contributed by atoms with van der Waals surface area (Å²) in [6.45, 7) is 4.68. The third-order valence-electron chi connectivity index (χ3n) is 4.71. The van der Waals surface area contributed by atoms with Crippen LogP contribution in [0.4, 0.5) is 4.39 Å². The molecule has 0 saturated carbocycles. The van der Waals surface area contributed by atoms with Gasteiger partial charge in [0, 0.05) is 31.0 Å². The minimum absolute atomic E-state index is 0.0644. The number of ether oxygens (including phenoxy) is 2. The Kier molecular flexibility index (Phi) is 5.56. The topological polar surface area (TPSA) is 65.4 Å². The Morgan fingerprint density at radius 2 is 2.35 bits per heavy atom. The number of hydrogen-bond donors (Lipinski definition) is 1. The number of carbonyl (C=O) groups is 1. The predicted octanol–water partition coefficient (Wildman–Crippen LogP) is 2.53. The summed E-state index contributed by atoms with van der Waals surface area (Å²) < 4.78 is 26.4. The van der Waals surface area contributed by atoms with E-state index in [4.69, 9.17) is 9.47 Å². The van der Waals surface area contributed by atoms with Crippen molar-refractivity contribution in [3.63, 3.8) is 0 Å². The normalized spacial score (nSPS) is 20.8. The van der Waals surface area contributed by atoms with Crippen LogP contribution in [0.2, 0.25) is 0 Å². The SMILES string of the molecule is Cc1c([C@H]2OCC[C@@H]2C(=O)NC[C@H](C)Oc2cccc(F)c2)cnn1C. The molecule has 0 unspecified atom stereocenters. The second-order valence-electron chi connectivity index (χ2n) is 6.63. The van der Waals surface area contributed by atoms with E-state index in [1.165, 1.54) is 12.1 Å². The van der Waals surface area contributed by atoms with Gasteiger partial charge in [-0.2, -0.15) is 5.10 Å². The summed E-state index contributed by atoms with van der Waals surface area (Å²) >= 11 is 0. The van der Waals surface area contributed by atoms with Gasteiger partial charge in [-0.05, 0) is 32.4 Å². The van der Waals surface area contributed by atoms with Crippen molar-refractivity contribution in [1.82, 2.24) is 15.1 Å². The number of hydrogen-bond acceptors (Lipinski definition) is 4. The molecule has 26 heavy (non-hydrogen) atoms. The zero-order chi connectivity index (χ0) is 18.7. The number of benzene rings is 1. The molecular weight excluding hydrogens is 337 g/mol. The Bertz CT molecular complexity index is 777. The van der Waals surface area contributed by atoms with Crippen LogP contribution in [0, 0.1) is 18.7 Å². The molecular formula is C19H24FN3O3. The highest BCUT2D eigenvalue weighted by atomic mass is 19.1. The molecule has 2 heterocycles. The van der Waals surface area contributed by atoms with Crippen molar-refractivity contribution in [3.8, 4) is 5.75 Å². The smallest absolute Gasteiger partial charge is 0.226 e. The highest BCUT2D eigenvalue weighted by molar-refractivity contribution is 5.79. The van der Waals surface area contributed by atoms with Gasteiger partial charge in [-0.1, -0.05) is 6.07 Å². The van der Waals surface area contributed by atoms with Crippen molar-refractivity contribution in [2.24, 2.45) is 13.0 Å². The number of nitrogens with zero attached hydrogens (tertiary/aromatic N) is 2. The first-order valence-corrected chi connectivity index (χ1v) is 8.75. The summed E-state index contributed by atoms with van der Waals surface area (Å²) in [6, 6.07) is 5.96. The molecule has 1 aliphatic rings. The summed E-state index contributed by atoms with van der Waals surface area (Å²) in [6.07, 6.45) is 1.88. The van der Waals surface area contributed by atoms with Crippen LogP contribution in [-0.2, 0) is 16.6 Å². The van der Waals surface area contributed by atoms with E-state index in [9.17, 15) is 9.18 Å². The van der Waals surface area contributed by atoms with E-state index in [0.29, 0.717) is 25.3 Å². The maximum atomic E-state index is 13.2. The molecule has 6 nitrogen and oxygen atoms in total. The fraction of sp³-hybridized carbons (Fsp3) is 0.474. The molecule has 0 spiro atoms. The summed E-state index contributed by atoms with van der Waals surface area (Å²) in [4.78, 5) is 12.6. The molecule has 0 bridgehead atoms.